The standard InChI is InChI=1S/C7H7N5O2S/c8-5-4-6(10-2-9-4)12-7(11-5)15-1-3(13)14/h2,4H,1H2,(H,13,14)(H2,8,9,10,11,12). The quantitative estimate of drug-likeness (QED) is 0.649. The lowest BCUT2D eigenvalue weighted by molar-refractivity contribution is -0.133. The maximum Gasteiger partial charge on any atom is 0.313 e. The summed E-state index contributed by atoms with van der Waals surface area (Å²) in [6, 6.07) is -0.390. The number of fused-ring (bicyclic) bond motifs is 1. The van der Waals surface area contributed by atoms with Crippen molar-refractivity contribution in [3.8, 4) is 0 Å². The molecule has 15 heavy (non-hydrogen) atoms. The van der Waals surface area contributed by atoms with Crippen molar-refractivity contribution in [1.82, 2.24) is 0 Å². The van der Waals surface area contributed by atoms with E-state index in [1.807, 2.05) is 0 Å². The van der Waals surface area contributed by atoms with E-state index in [0.717, 1.165) is 11.8 Å². The van der Waals surface area contributed by atoms with Crippen molar-refractivity contribution in [3.63, 3.8) is 0 Å². The predicted octanol–water partition coefficient (Wildman–Crippen LogP) is -0.660. The van der Waals surface area contributed by atoms with Crippen LogP contribution >= 0.6 is 11.8 Å². The Morgan fingerprint density at radius 1 is 1.60 bits per heavy atom. The molecule has 7 nitrogen and oxygen atoms in total. The largest absolute Gasteiger partial charge is 0.481 e. The van der Waals surface area contributed by atoms with Crippen molar-refractivity contribution in [3.05, 3.63) is 0 Å². The average Bonchev–Trinajstić information content (AvgIpc) is 2.63. The first-order valence-electron chi connectivity index (χ1n) is 4.03. The second-order valence-corrected chi connectivity index (χ2v) is 3.71. The summed E-state index contributed by atoms with van der Waals surface area (Å²) in [5.74, 6) is -0.266. The minimum atomic E-state index is -0.928. The van der Waals surface area contributed by atoms with Gasteiger partial charge in [-0.15, -0.1) is 0 Å². The van der Waals surface area contributed by atoms with E-state index >= 15 is 0 Å². The highest BCUT2D eigenvalue weighted by Gasteiger charge is 2.26. The normalized spacial score (nSPS) is 22.9. The molecule has 2 heterocycles. The Hall–Kier alpha value is -1.70. The van der Waals surface area contributed by atoms with Crippen molar-refractivity contribution in [2.45, 2.75) is 6.04 Å². The molecule has 0 fully saturated rings. The molecule has 0 amide bonds. The Morgan fingerprint density at radius 3 is 3.13 bits per heavy atom. The maximum absolute atomic E-state index is 10.3. The smallest absolute Gasteiger partial charge is 0.313 e. The molecule has 78 valence electrons. The molecule has 0 spiro atoms. The van der Waals surface area contributed by atoms with Gasteiger partial charge < -0.3 is 10.8 Å². The Bertz CT molecular complexity index is 425. The number of hydrogen-bond acceptors (Lipinski definition) is 7. The first-order chi connectivity index (χ1) is 7.16. The van der Waals surface area contributed by atoms with E-state index in [9.17, 15) is 4.79 Å². The van der Waals surface area contributed by atoms with E-state index in [1.54, 1.807) is 0 Å². The summed E-state index contributed by atoms with van der Waals surface area (Å²) in [6.07, 6.45) is 1.37. The number of hydrogen-bond donors (Lipinski definition) is 2. The molecule has 1 atom stereocenters. The number of carboxylic acid groups (broad SMARTS) is 1. The van der Waals surface area contributed by atoms with E-state index in [2.05, 4.69) is 20.0 Å². The van der Waals surface area contributed by atoms with Gasteiger partial charge in [0.25, 0.3) is 0 Å². The number of carboxylic acids is 1. The number of nitrogens with two attached hydrogens (primary N) is 1. The lowest BCUT2D eigenvalue weighted by Gasteiger charge is -2.12. The maximum atomic E-state index is 10.3. The van der Waals surface area contributed by atoms with E-state index in [1.165, 1.54) is 6.34 Å². The highest BCUT2D eigenvalue weighted by Crippen LogP contribution is 2.15. The van der Waals surface area contributed by atoms with Gasteiger partial charge in [0.2, 0.25) is 0 Å². The average molecular weight is 225 g/mol. The van der Waals surface area contributed by atoms with Crippen LogP contribution in [0.4, 0.5) is 0 Å². The molecule has 8 heteroatoms. The minimum Gasteiger partial charge on any atom is -0.481 e. The van der Waals surface area contributed by atoms with Gasteiger partial charge in [0, 0.05) is 0 Å². The van der Waals surface area contributed by atoms with Gasteiger partial charge in [-0.25, -0.2) is 15.0 Å². The number of aliphatic imine (C=N–C) groups is 4. The van der Waals surface area contributed by atoms with E-state index in [0.29, 0.717) is 16.8 Å². The van der Waals surface area contributed by atoms with Crippen LogP contribution in [-0.2, 0) is 4.79 Å². The molecule has 2 aliphatic rings. The summed E-state index contributed by atoms with van der Waals surface area (Å²) in [4.78, 5) is 26.2. The monoisotopic (exact) mass is 225 g/mol. The molecule has 0 aliphatic carbocycles. The van der Waals surface area contributed by atoms with E-state index in [4.69, 9.17) is 10.8 Å². The zero-order valence-corrected chi connectivity index (χ0v) is 8.31. The van der Waals surface area contributed by atoms with Gasteiger partial charge in [0.05, 0.1) is 5.75 Å². The summed E-state index contributed by atoms with van der Waals surface area (Å²) >= 11 is 1.00. The summed E-state index contributed by atoms with van der Waals surface area (Å²) in [6.45, 7) is 0. The van der Waals surface area contributed by atoms with Gasteiger partial charge in [-0.05, 0) is 0 Å². The molecule has 0 saturated carbocycles. The number of thioether (sulfide) groups is 1. The van der Waals surface area contributed by atoms with Crippen molar-refractivity contribution in [2.24, 2.45) is 25.7 Å². The Kier molecular flexibility index (Phi) is 2.50. The van der Waals surface area contributed by atoms with Gasteiger partial charge in [-0.3, -0.25) is 9.79 Å². The fraction of sp³-hybridized carbons (Fsp3) is 0.286. The third-order valence-corrected chi connectivity index (χ3v) is 2.52. The predicted molar refractivity (Wildman–Crippen MR) is 58.9 cm³/mol. The minimum absolute atomic E-state index is 0.103. The molecular weight excluding hydrogens is 218 g/mol. The second kappa shape index (κ2) is 3.81. The number of nitrogens with zero attached hydrogens (tertiary/aromatic N) is 4. The number of carbonyl (C=O) groups is 1. The number of rotatable bonds is 2. The molecule has 0 aromatic heterocycles. The van der Waals surface area contributed by atoms with Gasteiger partial charge >= 0.3 is 5.97 Å². The van der Waals surface area contributed by atoms with Crippen molar-refractivity contribution >= 4 is 40.9 Å². The Labute approximate surface area is 88.9 Å². The third-order valence-electron chi connectivity index (χ3n) is 1.69. The fourth-order valence-electron chi connectivity index (χ4n) is 1.08. The van der Waals surface area contributed by atoms with Gasteiger partial charge in [-0.1, -0.05) is 11.8 Å². The van der Waals surface area contributed by atoms with Crippen LogP contribution in [0, 0.1) is 0 Å². The first-order valence-corrected chi connectivity index (χ1v) is 5.02. The van der Waals surface area contributed by atoms with Crippen LogP contribution in [-0.4, -0.2) is 46.0 Å². The summed E-state index contributed by atoms with van der Waals surface area (Å²) < 4.78 is 0. The summed E-state index contributed by atoms with van der Waals surface area (Å²) in [7, 11) is 0. The zero-order chi connectivity index (χ0) is 10.8. The molecule has 3 N–H and O–H groups in total. The lowest BCUT2D eigenvalue weighted by Crippen LogP contribution is -2.36. The van der Waals surface area contributed by atoms with Crippen LogP contribution in [0.25, 0.3) is 0 Å². The fourth-order valence-corrected chi connectivity index (χ4v) is 1.66. The van der Waals surface area contributed by atoms with Crippen LogP contribution in [0.1, 0.15) is 0 Å². The molecule has 1 unspecified atom stereocenters. The number of aliphatic carboxylic acids is 1. The molecule has 0 bridgehead atoms. The van der Waals surface area contributed by atoms with Crippen LogP contribution in [0.3, 0.4) is 0 Å². The van der Waals surface area contributed by atoms with Gasteiger partial charge in [0.15, 0.2) is 17.0 Å². The number of amidine groups is 3. The van der Waals surface area contributed by atoms with Crippen molar-refractivity contribution in [2.75, 3.05) is 5.75 Å². The van der Waals surface area contributed by atoms with E-state index < -0.39 is 5.97 Å². The Morgan fingerprint density at radius 2 is 2.40 bits per heavy atom. The zero-order valence-electron chi connectivity index (χ0n) is 7.49. The summed E-state index contributed by atoms with van der Waals surface area (Å²) in [5, 5.41) is 8.80. The summed E-state index contributed by atoms with van der Waals surface area (Å²) in [5.41, 5.74) is 5.63. The van der Waals surface area contributed by atoms with Crippen LogP contribution in [0.2, 0.25) is 0 Å². The second-order valence-electron chi connectivity index (χ2n) is 2.77. The Balaban J connectivity index is 2.12. The molecule has 2 aliphatic heterocycles. The molecule has 0 aromatic carbocycles. The first kappa shape index (κ1) is 9.84. The van der Waals surface area contributed by atoms with Gasteiger partial charge in [-0.2, -0.15) is 0 Å². The highest BCUT2D eigenvalue weighted by molar-refractivity contribution is 8.14. The van der Waals surface area contributed by atoms with E-state index in [-0.39, 0.29) is 11.8 Å². The third kappa shape index (κ3) is 2.04. The van der Waals surface area contributed by atoms with Gasteiger partial charge in [0.1, 0.15) is 12.2 Å². The lowest BCUT2D eigenvalue weighted by atomic mass is 10.2. The van der Waals surface area contributed by atoms with Crippen molar-refractivity contribution in [1.29, 1.82) is 0 Å². The molecule has 0 saturated heterocycles. The topological polar surface area (TPSA) is 113 Å². The van der Waals surface area contributed by atoms with Crippen molar-refractivity contribution < 1.29 is 9.90 Å². The van der Waals surface area contributed by atoms with Crippen LogP contribution < -0.4 is 5.73 Å². The molecule has 0 radical (unpaired) electrons. The highest BCUT2D eigenvalue weighted by atomic mass is 32.2. The molecule has 0 aromatic rings. The van der Waals surface area contributed by atoms with Crippen LogP contribution in [0.15, 0.2) is 20.0 Å². The molecular formula is C7H7N5O2S. The SMILES string of the molecule is NC1=NC(SCC(=O)O)=NC2=NC=NC12. The van der Waals surface area contributed by atoms with Crippen LogP contribution in [0.5, 0.6) is 0 Å². The molecule has 2 rings (SSSR count).